The summed E-state index contributed by atoms with van der Waals surface area (Å²) >= 11 is 1.35. The van der Waals surface area contributed by atoms with Gasteiger partial charge in [-0.3, -0.25) is 9.69 Å². The van der Waals surface area contributed by atoms with Gasteiger partial charge in [-0.2, -0.15) is 0 Å². The topological polar surface area (TPSA) is 104 Å². The van der Waals surface area contributed by atoms with E-state index in [-0.39, 0.29) is 0 Å². The number of β-lactam (4-membered cyclic amide) rings is 1. The summed E-state index contributed by atoms with van der Waals surface area (Å²) in [6.07, 6.45) is 1.20. The van der Waals surface area contributed by atoms with Crippen molar-refractivity contribution in [2.45, 2.75) is 36.1 Å². The summed E-state index contributed by atoms with van der Waals surface area (Å²) in [5.74, 6) is -1.45. The van der Waals surface area contributed by atoms with Crippen LogP contribution in [0.5, 0.6) is 0 Å². The smallest absolute Gasteiger partial charge is 0.327 e. The molecule has 3 amide bonds. The van der Waals surface area contributed by atoms with Crippen LogP contribution in [0.3, 0.4) is 0 Å². The van der Waals surface area contributed by atoms with E-state index in [1.807, 2.05) is 0 Å². The number of carbonyl (C=O) groups excluding carboxylic acids is 2. The number of primary amides is 1. The Morgan fingerprint density at radius 1 is 1.58 bits per heavy atom. The highest BCUT2D eigenvalue weighted by molar-refractivity contribution is 8.01. The third-order valence-corrected chi connectivity index (χ3v) is 4.95. The summed E-state index contributed by atoms with van der Waals surface area (Å²) in [6, 6.07) is -2.43. The van der Waals surface area contributed by atoms with Crippen LogP contribution < -0.4 is 5.73 Å². The largest absolute Gasteiger partial charge is 0.480 e. The zero-order chi connectivity index (χ0) is 14.5. The SMILES string of the molecule is C=CN(C(N)=O)[C@@H]1C(=O)N2[C@@H]1SC(C)(C)[C@@H]2C(=O)O. The zero-order valence-corrected chi connectivity index (χ0v) is 11.4. The minimum absolute atomic E-state index is 0.394. The molecule has 8 heteroatoms. The molecule has 3 atom stereocenters. The number of urea groups is 1. The normalized spacial score (nSPS) is 31.4. The van der Waals surface area contributed by atoms with Gasteiger partial charge in [-0.25, -0.2) is 9.59 Å². The van der Waals surface area contributed by atoms with Crippen LogP contribution in [0.15, 0.2) is 12.8 Å². The first-order valence-electron chi connectivity index (χ1n) is 5.65. The molecule has 7 nitrogen and oxygen atoms in total. The molecule has 0 unspecified atom stereocenters. The third kappa shape index (κ3) is 1.78. The maximum atomic E-state index is 12.1. The van der Waals surface area contributed by atoms with E-state index in [1.54, 1.807) is 13.8 Å². The molecule has 0 radical (unpaired) electrons. The van der Waals surface area contributed by atoms with Crippen LogP contribution in [0.25, 0.3) is 0 Å². The number of hydrogen-bond donors (Lipinski definition) is 2. The molecule has 0 bridgehead atoms. The number of hydrogen-bond acceptors (Lipinski definition) is 4. The molecule has 0 aliphatic carbocycles. The van der Waals surface area contributed by atoms with Crippen molar-refractivity contribution in [2.75, 3.05) is 0 Å². The van der Waals surface area contributed by atoms with Crippen LogP contribution in [-0.2, 0) is 9.59 Å². The Morgan fingerprint density at radius 2 is 2.16 bits per heavy atom. The predicted octanol–water partition coefficient (Wildman–Crippen LogP) is 0.0261. The average molecular weight is 285 g/mol. The molecule has 0 aromatic carbocycles. The minimum atomic E-state index is -1.05. The number of carboxylic acids is 1. The Labute approximate surface area is 114 Å². The third-order valence-electron chi connectivity index (χ3n) is 3.40. The number of carboxylic acid groups (broad SMARTS) is 1. The van der Waals surface area contributed by atoms with E-state index in [9.17, 15) is 19.5 Å². The van der Waals surface area contributed by atoms with Gasteiger partial charge in [0.05, 0.1) is 0 Å². The van der Waals surface area contributed by atoms with Crippen LogP contribution in [-0.4, -0.2) is 55.0 Å². The lowest BCUT2D eigenvalue weighted by Crippen LogP contribution is -2.70. The van der Waals surface area contributed by atoms with Gasteiger partial charge >= 0.3 is 12.0 Å². The van der Waals surface area contributed by atoms with E-state index >= 15 is 0 Å². The second-order valence-corrected chi connectivity index (χ2v) is 6.74. The number of nitrogens with two attached hydrogens (primary N) is 1. The standard InChI is InChI=1S/C11H15N3O4S/c1-4-13(10(12)18)5-7(15)14-6(9(16)17)11(2,3)19-8(5)14/h4-6,8H,1H2,2-3H3,(H2,12,18)(H,16,17)/t5-,6+,8-/m1/s1. The van der Waals surface area contributed by atoms with Crippen molar-refractivity contribution in [3.05, 3.63) is 12.8 Å². The first kappa shape index (κ1) is 13.7. The number of fused-ring (bicyclic) bond motifs is 1. The maximum absolute atomic E-state index is 12.1. The van der Waals surface area contributed by atoms with Gasteiger partial charge in [-0.1, -0.05) is 6.58 Å². The molecular weight excluding hydrogens is 270 g/mol. The molecule has 2 aliphatic rings. The Morgan fingerprint density at radius 3 is 2.58 bits per heavy atom. The van der Waals surface area contributed by atoms with E-state index in [4.69, 9.17) is 5.73 Å². The molecule has 0 aromatic rings. The molecule has 3 N–H and O–H groups in total. The van der Waals surface area contributed by atoms with E-state index < -0.39 is 40.1 Å². The maximum Gasteiger partial charge on any atom is 0.327 e. The van der Waals surface area contributed by atoms with Crippen LogP contribution in [0.2, 0.25) is 0 Å². The summed E-state index contributed by atoms with van der Waals surface area (Å²) in [5, 5.41) is 8.85. The van der Waals surface area contributed by atoms with Crippen molar-refractivity contribution < 1.29 is 19.5 Å². The summed E-state index contributed by atoms with van der Waals surface area (Å²) < 4.78 is -0.620. The molecule has 0 saturated carbocycles. The highest BCUT2D eigenvalue weighted by Crippen LogP contribution is 2.52. The molecule has 2 saturated heterocycles. The van der Waals surface area contributed by atoms with Crippen LogP contribution in [0, 0.1) is 0 Å². The molecule has 0 spiro atoms. The number of carbonyl (C=O) groups is 3. The van der Waals surface area contributed by atoms with Crippen LogP contribution in [0.1, 0.15) is 13.8 Å². The van der Waals surface area contributed by atoms with Crippen LogP contribution >= 0.6 is 11.8 Å². The number of thioether (sulfide) groups is 1. The second-order valence-electron chi connectivity index (χ2n) is 4.97. The Kier molecular flexibility index (Phi) is 3.00. The molecule has 2 aliphatic heterocycles. The lowest BCUT2D eigenvalue weighted by atomic mass is 9.95. The monoisotopic (exact) mass is 285 g/mol. The van der Waals surface area contributed by atoms with E-state index in [2.05, 4.69) is 6.58 Å². The summed E-state index contributed by atoms with van der Waals surface area (Å²) in [6.45, 7) is 6.98. The quantitative estimate of drug-likeness (QED) is 0.712. The fourth-order valence-corrected chi connectivity index (χ4v) is 4.27. The highest BCUT2D eigenvalue weighted by Gasteiger charge is 2.65. The number of aliphatic carboxylic acids is 1. The van der Waals surface area contributed by atoms with Gasteiger partial charge in [-0.05, 0) is 13.8 Å². The second kappa shape index (κ2) is 4.16. The van der Waals surface area contributed by atoms with Gasteiger partial charge in [0.25, 0.3) is 5.91 Å². The molecule has 2 heterocycles. The molecular formula is C11H15N3O4S. The van der Waals surface area contributed by atoms with Crippen molar-refractivity contribution in [1.29, 1.82) is 0 Å². The predicted molar refractivity (Wildman–Crippen MR) is 69.1 cm³/mol. The van der Waals surface area contributed by atoms with Crippen molar-refractivity contribution in [2.24, 2.45) is 5.73 Å². The number of nitrogens with zero attached hydrogens (tertiary/aromatic N) is 2. The average Bonchev–Trinajstić information content (AvgIpc) is 2.53. The molecule has 0 aromatic heterocycles. The zero-order valence-electron chi connectivity index (χ0n) is 10.6. The fraction of sp³-hybridized carbons (Fsp3) is 0.545. The highest BCUT2D eigenvalue weighted by atomic mass is 32.2. The van der Waals surface area contributed by atoms with E-state index in [0.717, 1.165) is 4.90 Å². The van der Waals surface area contributed by atoms with Gasteiger partial charge in [0, 0.05) is 10.9 Å². The first-order valence-corrected chi connectivity index (χ1v) is 6.53. The van der Waals surface area contributed by atoms with Crippen molar-refractivity contribution in [1.82, 2.24) is 9.80 Å². The lowest BCUT2D eigenvalue weighted by Gasteiger charge is -2.46. The Hall–Kier alpha value is -1.70. The van der Waals surface area contributed by atoms with E-state index in [1.165, 1.54) is 22.9 Å². The Bertz CT molecular complexity index is 479. The van der Waals surface area contributed by atoms with Gasteiger partial charge in [0.2, 0.25) is 0 Å². The van der Waals surface area contributed by atoms with Crippen molar-refractivity contribution in [3.8, 4) is 0 Å². The van der Waals surface area contributed by atoms with Gasteiger partial charge in [0.15, 0.2) is 0 Å². The fourth-order valence-electron chi connectivity index (χ4n) is 2.59. The number of rotatable bonds is 3. The summed E-state index contributed by atoms with van der Waals surface area (Å²) in [5.41, 5.74) is 5.18. The van der Waals surface area contributed by atoms with Crippen molar-refractivity contribution >= 4 is 29.7 Å². The number of amides is 3. The summed E-state index contributed by atoms with van der Waals surface area (Å²) in [7, 11) is 0. The molecule has 19 heavy (non-hydrogen) atoms. The van der Waals surface area contributed by atoms with Gasteiger partial charge in [-0.15, -0.1) is 11.8 Å². The summed E-state index contributed by atoms with van der Waals surface area (Å²) in [4.78, 5) is 37.0. The van der Waals surface area contributed by atoms with E-state index in [0.29, 0.717) is 0 Å². The van der Waals surface area contributed by atoms with Crippen LogP contribution in [0.4, 0.5) is 4.79 Å². The minimum Gasteiger partial charge on any atom is -0.480 e. The molecule has 2 rings (SSSR count). The molecule has 2 fully saturated rings. The lowest BCUT2D eigenvalue weighted by molar-refractivity contribution is -0.162. The van der Waals surface area contributed by atoms with Gasteiger partial charge in [0.1, 0.15) is 17.5 Å². The Balaban J connectivity index is 2.30. The molecule has 104 valence electrons. The van der Waals surface area contributed by atoms with Crippen molar-refractivity contribution in [3.63, 3.8) is 0 Å². The van der Waals surface area contributed by atoms with Gasteiger partial charge < -0.3 is 15.7 Å². The first-order chi connectivity index (χ1) is 8.72.